The molecule has 2 aromatic carbocycles. The summed E-state index contributed by atoms with van der Waals surface area (Å²) in [4.78, 5) is 26.8. The van der Waals surface area contributed by atoms with Gasteiger partial charge in [0, 0.05) is 5.56 Å². The van der Waals surface area contributed by atoms with E-state index in [2.05, 4.69) is 9.71 Å². The number of hydrogen-bond acceptors (Lipinski definition) is 6. The van der Waals surface area contributed by atoms with Crippen molar-refractivity contribution in [3.63, 3.8) is 0 Å². The molecule has 0 spiro atoms. The quantitative estimate of drug-likeness (QED) is 0.741. The molecule has 0 aliphatic carbocycles. The number of fused-ring (bicyclic) bond motifs is 1. The molecule has 0 bridgehead atoms. The van der Waals surface area contributed by atoms with Crippen molar-refractivity contribution in [1.82, 2.24) is 4.72 Å². The lowest BCUT2D eigenvalue weighted by molar-refractivity contribution is -0.121. The summed E-state index contributed by atoms with van der Waals surface area (Å²) in [6.07, 6.45) is 0. The van der Waals surface area contributed by atoms with Crippen LogP contribution in [0.4, 0.5) is 0 Å². The van der Waals surface area contributed by atoms with Crippen LogP contribution in [0.1, 0.15) is 21.5 Å². The average Bonchev–Trinajstić information content (AvgIpc) is 2.89. The summed E-state index contributed by atoms with van der Waals surface area (Å²) in [6, 6.07) is 13.0. The lowest BCUT2D eigenvalue weighted by Gasteiger charge is -2.04. The van der Waals surface area contributed by atoms with Crippen LogP contribution < -0.4 is 10.5 Å². The number of sulfonamides is 1. The van der Waals surface area contributed by atoms with Crippen molar-refractivity contribution < 1.29 is 22.7 Å². The Morgan fingerprint density at radius 3 is 2.46 bits per heavy atom. The Balaban J connectivity index is 1.72. The summed E-state index contributed by atoms with van der Waals surface area (Å²) >= 11 is 0. The molecule has 0 atom stereocenters. The number of esters is 1. The second-order valence-electron chi connectivity index (χ2n) is 5.51. The molecule has 1 aliphatic rings. The van der Waals surface area contributed by atoms with Crippen molar-refractivity contribution in [2.45, 2.75) is 11.4 Å². The van der Waals surface area contributed by atoms with Crippen LogP contribution >= 0.6 is 0 Å². The van der Waals surface area contributed by atoms with Crippen LogP contribution in [0.3, 0.4) is 0 Å². The molecule has 9 heteroatoms. The SMILES string of the molecule is NC(=O)COC(=O)c1ccc(CN=C2NS(=O)(=O)c3ccccc32)cc1. The smallest absolute Gasteiger partial charge is 0.338 e. The second-order valence-corrected chi connectivity index (χ2v) is 7.16. The fraction of sp³-hybridized carbons (Fsp3) is 0.118. The summed E-state index contributed by atoms with van der Waals surface area (Å²) in [5.41, 5.74) is 6.49. The number of rotatable bonds is 5. The number of amides is 1. The van der Waals surface area contributed by atoms with E-state index in [9.17, 15) is 18.0 Å². The Morgan fingerprint density at radius 1 is 1.08 bits per heavy atom. The van der Waals surface area contributed by atoms with Gasteiger partial charge in [0.1, 0.15) is 5.84 Å². The fourth-order valence-electron chi connectivity index (χ4n) is 2.39. The van der Waals surface area contributed by atoms with E-state index >= 15 is 0 Å². The van der Waals surface area contributed by atoms with Gasteiger partial charge in [-0.3, -0.25) is 14.5 Å². The molecular weight excluding hydrogens is 358 g/mol. The number of aliphatic imine (C=N–C) groups is 1. The van der Waals surface area contributed by atoms with Crippen LogP contribution in [-0.2, 0) is 26.1 Å². The monoisotopic (exact) mass is 373 g/mol. The number of hydrogen-bond donors (Lipinski definition) is 2. The summed E-state index contributed by atoms with van der Waals surface area (Å²) < 4.78 is 31.2. The summed E-state index contributed by atoms with van der Waals surface area (Å²) in [7, 11) is -3.57. The number of carbonyl (C=O) groups excluding carboxylic acids is 2. The third-order valence-corrected chi connectivity index (χ3v) is 5.01. The van der Waals surface area contributed by atoms with Crippen molar-refractivity contribution in [3.8, 4) is 0 Å². The van der Waals surface area contributed by atoms with Crippen LogP contribution in [0, 0.1) is 0 Å². The van der Waals surface area contributed by atoms with E-state index in [1.54, 1.807) is 30.3 Å². The highest BCUT2D eigenvalue weighted by atomic mass is 32.2. The lowest BCUT2D eigenvalue weighted by atomic mass is 10.1. The maximum atomic E-state index is 12.0. The van der Waals surface area contributed by atoms with Crippen molar-refractivity contribution in [3.05, 3.63) is 65.2 Å². The molecule has 3 N–H and O–H groups in total. The Bertz CT molecular complexity index is 997. The summed E-state index contributed by atoms with van der Waals surface area (Å²) in [5.74, 6) is -1.10. The van der Waals surface area contributed by atoms with Gasteiger partial charge < -0.3 is 10.5 Å². The first-order valence-corrected chi connectivity index (χ1v) is 9.06. The minimum atomic E-state index is -3.57. The Morgan fingerprint density at radius 2 is 1.77 bits per heavy atom. The van der Waals surface area contributed by atoms with Crippen LogP contribution in [-0.4, -0.2) is 32.7 Å². The average molecular weight is 373 g/mol. The van der Waals surface area contributed by atoms with Gasteiger partial charge in [-0.05, 0) is 29.8 Å². The van der Waals surface area contributed by atoms with Gasteiger partial charge in [-0.1, -0.05) is 24.3 Å². The Kier molecular flexibility index (Phi) is 4.72. The third kappa shape index (κ3) is 3.72. The number of benzene rings is 2. The molecule has 134 valence electrons. The maximum absolute atomic E-state index is 12.0. The van der Waals surface area contributed by atoms with E-state index < -0.39 is 28.5 Å². The van der Waals surface area contributed by atoms with Gasteiger partial charge in [0.05, 0.1) is 17.0 Å². The number of amidine groups is 1. The standard InChI is InChI=1S/C17H15N3O5S/c18-15(21)10-25-17(22)12-7-5-11(6-8-12)9-19-16-13-3-1-2-4-14(13)26(23,24)20-16/h1-8H,9-10H2,(H2,18,21)(H,19,20). The van der Waals surface area contributed by atoms with E-state index in [0.717, 1.165) is 5.56 Å². The van der Waals surface area contributed by atoms with Gasteiger partial charge in [-0.15, -0.1) is 0 Å². The highest BCUT2D eigenvalue weighted by Crippen LogP contribution is 2.22. The van der Waals surface area contributed by atoms with Crippen LogP contribution in [0.15, 0.2) is 58.4 Å². The second kappa shape index (κ2) is 6.96. The van der Waals surface area contributed by atoms with Gasteiger partial charge in [-0.25, -0.2) is 13.2 Å². The van der Waals surface area contributed by atoms with Gasteiger partial charge >= 0.3 is 5.97 Å². The van der Waals surface area contributed by atoms with Gasteiger partial charge in [-0.2, -0.15) is 0 Å². The number of nitrogens with two attached hydrogens (primary N) is 1. The number of ether oxygens (including phenoxy) is 1. The molecule has 0 fully saturated rings. The number of primary amides is 1. The predicted octanol–water partition coefficient (Wildman–Crippen LogP) is 0.567. The molecular formula is C17H15N3O5S. The Labute approximate surface area is 149 Å². The highest BCUT2D eigenvalue weighted by molar-refractivity contribution is 7.90. The molecule has 0 saturated heterocycles. The first-order chi connectivity index (χ1) is 12.4. The van der Waals surface area contributed by atoms with Gasteiger partial charge in [0.15, 0.2) is 6.61 Å². The normalized spacial score (nSPS) is 15.9. The zero-order valence-electron chi connectivity index (χ0n) is 13.5. The van der Waals surface area contributed by atoms with Crippen molar-refractivity contribution in [2.24, 2.45) is 10.7 Å². The highest BCUT2D eigenvalue weighted by Gasteiger charge is 2.29. The van der Waals surface area contributed by atoms with Gasteiger partial charge in [0.2, 0.25) is 0 Å². The molecule has 1 heterocycles. The topological polar surface area (TPSA) is 128 Å². The van der Waals surface area contributed by atoms with Crippen LogP contribution in [0.2, 0.25) is 0 Å². The molecule has 3 rings (SSSR count). The largest absolute Gasteiger partial charge is 0.452 e. The van der Waals surface area contributed by atoms with Crippen LogP contribution in [0.25, 0.3) is 0 Å². The molecule has 26 heavy (non-hydrogen) atoms. The first kappa shape index (κ1) is 17.6. The Hall–Kier alpha value is -3.20. The van der Waals surface area contributed by atoms with E-state index in [0.29, 0.717) is 5.56 Å². The van der Waals surface area contributed by atoms with Gasteiger partial charge in [0.25, 0.3) is 15.9 Å². The minimum absolute atomic E-state index is 0.200. The van der Waals surface area contributed by atoms with E-state index in [-0.39, 0.29) is 22.8 Å². The molecule has 8 nitrogen and oxygen atoms in total. The summed E-state index contributed by atoms with van der Waals surface area (Å²) in [6.45, 7) is -0.253. The van der Waals surface area contributed by atoms with Crippen molar-refractivity contribution >= 4 is 27.7 Å². The number of nitrogens with one attached hydrogen (secondary N) is 1. The van der Waals surface area contributed by atoms with E-state index in [4.69, 9.17) is 10.5 Å². The molecule has 0 unspecified atom stereocenters. The third-order valence-electron chi connectivity index (χ3n) is 3.62. The zero-order valence-corrected chi connectivity index (χ0v) is 14.3. The zero-order chi connectivity index (χ0) is 18.7. The molecule has 0 aromatic heterocycles. The first-order valence-electron chi connectivity index (χ1n) is 7.58. The molecule has 2 aromatic rings. The molecule has 1 aliphatic heterocycles. The van der Waals surface area contributed by atoms with E-state index in [1.807, 2.05) is 0 Å². The maximum Gasteiger partial charge on any atom is 0.338 e. The number of nitrogens with zero attached hydrogens (tertiary/aromatic N) is 1. The van der Waals surface area contributed by atoms with Crippen molar-refractivity contribution in [2.75, 3.05) is 6.61 Å². The summed E-state index contributed by atoms with van der Waals surface area (Å²) in [5, 5.41) is 0. The fourth-order valence-corrected chi connectivity index (χ4v) is 3.64. The van der Waals surface area contributed by atoms with E-state index in [1.165, 1.54) is 18.2 Å². The lowest BCUT2D eigenvalue weighted by Crippen LogP contribution is -2.22. The van der Waals surface area contributed by atoms with Crippen LogP contribution in [0.5, 0.6) is 0 Å². The predicted molar refractivity (Wildman–Crippen MR) is 92.9 cm³/mol. The molecule has 1 amide bonds. The molecule has 0 radical (unpaired) electrons. The minimum Gasteiger partial charge on any atom is -0.452 e. The molecule has 0 saturated carbocycles. The number of carbonyl (C=O) groups is 2. The van der Waals surface area contributed by atoms with Crippen molar-refractivity contribution in [1.29, 1.82) is 0 Å².